The maximum Gasteiger partial charge on any atom is 0.311 e. The summed E-state index contributed by atoms with van der Waals surface area (Å²) in [6.07, 6.45) is 4.40. The normalized spacial score (nSPS) is 15.5. The van der Waals surface area contributed by atoms with Crippen LogP contribution in [0.2, 0.25) is 0 Å². The minimum atomic E-state index is -1.10. The summed E-state index contributed by atoms with van der Waals surface area (Å²) in [6.45, 7) is 1.90. The van der Waals surface area contributed by atoms with E-state index >= 15 is 0 Å². The second kappa shape index (κ2) is 8.33. The first kappa shape index (κ1) is 19.1. The number of benzene rings is 2. The second-order valence-electron chi connectivity index (χ2n) is 7.17. The summed E-state index contributed by atoms with van der Waals surface area (Å²) in [5, 5.41) is 12.3. The number of rotatable bonds is 6. The van der Waals surface area contributed by atoms with Crippen LogP contribution in [0.1, 0.15) is 60.4 Å². The summed E-state index contributed by atoms with van der Waals surface area (Å²) in [7, 11) is 0. The summed E-state index contributed by atoms with van der Waals surface area (Å²) < 4.78 is 13.1. The molecule has 0 aliphatic heterocycles. The van der Waals surface area contributed by atoms with Gasteiger partial charge >= 0.3 is 5.97 Å². The first-order valence-corrected chi connectivity index (χ1v) is 9.33. The van der Waals surface area contributed by atoms with Crippen LogP contribution in [0, 0.1) is 5.82 Å². The number of amides is 1. The van der Waals surface area contributed by atoms with E-state index < -0.39 is 17.7 Å². The van der Waals surface area contributed by atoms with Crippen LogP contribution in [-0.4, -0.2) is 17.0 Å². The lowest BCUT2D eigenvalue weighted by Crippen LogP contribution is -2.30. The lowest BCUT2D eigenvalue weighted by atomic mass is 9.89. The third kappa shape index (κ3) is 4.73. The molecular weight excluding hydrogens is 345 g/mol. The van der Waals surface area contributed by atoms with Crippen molar-refractivity contribution < 1.29 is 19.1 Å². The van der Waals surface area contributed by atoms with Crippen LogP contribution >= 0.6 is 0 Å². The highest BCUT2D eigenvalue weighted by Gasteiger charge is 2.24. The Morgan fingerprint density at radius 2 is 1.67 bits per heavy atom. The van der Waals surface area contributed by atoms with E-state index in [0.29, 0.717) is 5.56 Å². The molecule has 2 atom stereocenters. The van der Waals surface area contributed by atoms with Crippen molar-refractivity contribution in [1.82, 2.24) is 5.32 Å². The molecule has 2 aromatic carbocycles. The highest BCUT2D eigenvalue weighted by atomic mass is 19.1. The average Bonchev–Trinajstić information content (AvgIpc) is 2.66. The molecule has 0 fully saturated rings. The maximum atomic E-state index is 13.1. The number of carbonyl (C=O) groups excluding carboxylic acids is 1. The van der Waals surface area contributed by atoms with Crippen molar-refractivity contribution in [3.63, 3.8) is 0 Å². The number of fused-ring (bicyclic) bond motifs is 1. The Labute approximate surface area is 158 Å². The van der Waals surface area contributed by atoms with Crippen LogP contribution in [0.3, 0.4) is 0 Å². The molecule has 0 heterocycles. The Morgan fingerprint density at radius 1 is 1.04 bits per heavy atom. The lowest BCUT2D eigenvalue weighted by molar-refractivity contribution is -0.140. The molecular formula is C22H24FNO3. The van der Waals surface area contributed by atoms with E-state index in [1.165, 1.54) is 48.2 Å². The van der Waals surface area contributed by atoms with Crippen molar-refractivity contribution in [3.05, 3.63) is 70.5 Å². The molecule has 0 radical (unpaired) electrons. The summed E-state index contributed by atoms with van der Waals surface area (Å²) >= 11 is 0. The minimum absolute atomic E-state index is 0.184. The van der Waals surface area contributed by atoms with Crippen molar-refractivity contribution in [2.24, 2.45) is 0 Å². The van der Waals surface area contributed by atoms with Crippen molar-refractivity contribution in [1.29, 1.82) is 0 Å². The highest BCUT2D eigenvalue weighted by molar-refractivity contribution is 5.85. The molecule has 0 unspecified atom stereocenters. The molecule has 27 heavy (non-hydrogen) atoms. The summed E-state index contributed by atoms with van der Waals surface area (Å²) in [4.78, 5) is 24.0. The number of carboxylic acids is 1. The predicted octanol–water partition coefficient (Wildman–Crippen LogP) is 4.14. The van der Waals surface area contributed by atoms with Gasteiger partial charge in [0.25, 0.3) is 0 Å². The molecule has 2 aromatic rings. The van der Waals surface area contributed by atoms with E-state index in [0.717, 1.165) is 18.4 Å². The zero-order chi connectivity index (χ0) is 19.4. The van der Waals surface area contributed by atoms with Crippen LogP contribution in [0.5, 0.6) is 0 Å². The predicted molar refractivity (Wildman–Crippen MR) is 101 cm³/mol. The maximum absolute atomic E-state index is 13.1. The molecule has 1 aliphatic carbocycles. The molecule has 5 heteroatoms. The third-order valence-electron chi connectivity index (χ3n) is 5.21. The number of hydrogen-bond donors (Lipinski definition) is 2. The Bertz CT molecular complexity index is 832. The van der Waals surface area contributed by atoms with Gasteiger partial charge in [0.2, 0.25) is 5.91 Å². The second-order valence-corrected chi connectivity index (χ2v) is 7.17. The summed E-state index contributed by atoms with van der Waals surface area (Å²) in [5.74, 6) is -2.87. The van der Waals surface area contributed by atoms with Gasteiger partial charge in [-0.2, -0.15) is 0 Å². The number of halogens is 1. The van der Waals surface area contributed by atoms with Crippen molar-refractivity contribution in [2.45, 2.75) is 51.0 Å². The molecule has 4 nitrogen and oxygen atoms in total. The first-order chi connectivity index (χ1) is 12.9. The number of carboxylic acid groups (broad SMARTS) is 1. The van der Waals surface area contributed by atoms with E-state index in [1.807, 2.05) is 13.0 Å². The largest absolute Gasteiger partial charge is 0.481 e. The molecule has 0 saturated carbocycles. The Hall–Kier alpha value is -2.69. The van der Waals surface area contributed by atoms with E-state index in [2.05, 4.69) is 17.4 Å². The van der Waals surface area contributed by atoms with E-state index in [4.69, 9.17) is 0 Å². The molecule has 2 N–H and O–H groups in total. The number of aliphatic carboxylic acids is 1. The molecule has 0 spiro atoms. The summed E-state index contributed by atoms with van der Waals surface area (Å²) in [6, 6.07) is 11.3. The zero-order valence-electron chi connectivity index (χ0n) is 15.4. The highest BCUT2D eigenvalue weighted by Crippen LogP contribution is 2.25. The number of hydrogen-bond acceptors (Lipinski definition) is 2. The number of carbonyl (C=O) groups is 2. The zero-order valence-corrected chi connectivity index (χ0v) is 15.4. The fourth-order valence-corrected chi connectivity index (χ4v) is 3.63. The quantitative estimate of drug-likeness (QED) is 0.804. The van der Waals surface area contributed by atoms with Gasteiger partial charge in [-0.1, -0.05) is 30.3 Å². The molecule has 0 aromatic heterocycles. The van der Waals surface area contributed by atoms with E-state index in [9.17, 15) is 19.1 Å². The molecule has 1 amide bonds. The topological polar surface area (TPSA) is 66.4 Å². The van der Waals surface area contributed by atoms with Gasteiger partial charge in [-0.25, -0.2) is 4.39 Å². The van der Waals surface area contributed by atoms with Gasteiger partial charge in [0.1, 0.15) is 5.82 Å². The van der Waals surface area contributed by atoms with Crippen LogP contribution in [0.15, 0.2) is 42.5 Å². The number of nitrogens with one attached hydrogen (secondary N) is 1. The van der Waals surface area contributed by atoms with Crippen LogP contribution in [0.4, 0.5) is 4.39 Å². The Morgan fingerprint density at radius 3 is 2.33 bits per heavy atom. The van der Waals surface area contributed by atoms with E-state index in [1.54, 1.807) is 0 Å². The van der Waals surface area contributed by atoms with Crippen LogP contribution in [0.25, 0.3) is 0 Å². The molecule has 3 rings (SSSR count). The van der Waals surface area contributed by atoms with Gasteiger partial charge in [-0.15, -0.1) is 0 Å². The van der Waals surface area contributed by atoms with Crippen LogP contribution in [-0.2, 0) is 22.4 Å². The lowest BCUT2D eigenvalue weighted by Gasteiger charge is -2.21. The van der Waals surface area contributed by atoms with Crippen molar-refractivity contribution in [2.75, 3.05) is 0 Å². The van der Waals surface area contributed by atoms with Crippen molar-refractivity contribution in [3.8, 4) is 0 Å². The van der Waals surface area contributed by atoms with Gasteiger partial charge < -0.3 is 10.4 Å². The fraction of sp³-hybridized carbons (Fsp3) is 0.364. The fourth-order valence-electron chi connectivity index (χ4n) is 3.63. The van der Waals surface area contributed by atoms with Crippen molar-refractivity contribution >= 4 is 11.9 Å². The SMILES string of the molecule is C[C@@H](NC(=O)C[C@H](C(=O)O)c1ccc(F)cc1)c1ccc2c(c1)CCCC2. The Balaban J connectivity index is 1.66. The summed E-state index contributed by atoms with van der Waals surface area (Å²) in [5.41, 5.74) is 4.17. The number of aryl methyl sites for hydroxylation is 2. The average molecular weight is 369 g/mol. The van der Waals surface area contributed by atoms with Gasteiger partial charge in [0.05, 0.1) is 12.0 Å². The van der Waals surface area contributed by atoms with Crippen LogP contribution < -0.4 is 5.32 Å². The monoisotopic (exact) mass is 369 g/mol. The molecule has 0 saturated heterocycles. The van der Waals surface area contributed by atoms with E-state index in [-0.39, 0.29) is 18.4 Å². The van der Waals surface area contributed by atoms with Gasteiger partial charge in [0, 0.05) is 6.42 Å². The molecule has 142 valence electrons. The molecule has 1 aliphatic rings. The van der Waals surface area contributed by atoms with Gasteiger partial charge in [-0.3, -0.25) is 9.59 Å². The minimum Gasteiger partial charge on any atom is -0.481 e. The smallest absolute Gasteiger partial charge is 0.311 e. The van der Waals surface area contributed by atoms with Gasteiger partial charge in [-0.05, 0) is 67.0 Å². The standard InChI is InChI=1S/C22H24FNO3/c1-14(17-7-6-15-4-2-3-5-18(15)12-17)24-21(25)13-20(22(26)27)16-8-10-19(23)11-9-16/h6-12,14,20H,2-5,13H2,1H3,(H,24,25)(H,26,27)/t14-,20+/m1/s1. The third-order valence-corrected chi connectivity index (χ3v) is 5.21. The first-order valence-electron chi connectivity index (χ1n) is 9.33. The van der Waals surface area contributed by atoms with Gasteiger partial charge in [0.15, 0.2) is 0 Å². The molecule has 0 bridgehead atoms. The Kier molecular flexibility index (Phi) is 5.89.